The Bertz CT molecular complexity index is 1890. The minimum atomic E-state index is -0.605. The lowest BCUT2D eigenvalue weighted by molar-refractivity contribution is 0.0303. The molecule has 1 aliphatic heterocycles. The molecule has 5 aromatic rings. The fourth-order valence-corrected chi connectivity index (χ4v) is 5.02. The minimum absolute atomic E-state index is 0.0307. The number of phenolic OH excluding ortho intramolecular Hbond substituents is 1. The molecule has 0 bridgehead atoms. The van der Waals surface area contributed by atoms with Crippen LogP contribution in [0.2, 0.25) is 0 Å². The molecule has 1 fully saturated rings. The molecule has 1 aliphatic rings. The molecule has 12 heteroatoms. The summed E-state index contributed by atoms with van der Waals surface area (Å²) in [6.45, 7) is 2.39. The van der Waals surface area contributed by atoms with Gasteiger partial charge in [0.2, 0.25) is 0 Å². The SMILES string of the molecule is CN=C(c1cccc(Cn2nc(-c3cc(O)cc(F)c3)ccc2=O)c1)c1cn(-c2ccc(C(=O)N3CCOCC3)cc2)nn1. The van der Waals surface area contributed by atoms with E-state index in [9.17, 15) is 19.1 Å². The molecule has 222 valence electrons. The summed E-state index contributed by atoms with van der Waals surface area (Å²) in [6.07, 6.45) is 1.76. The van der Waals surface area contributed by atoms with Crippen LogP contribution in [0, 0.1) is 5.82 Å². The van der Waals surface area contributed by atoms with Gasteiger partial charge in [-0.05, 0) is 54.1 Å². The molecule has 0 radical (unpaired) electrons. The first-order chi connectivity index (χ1) is 21.4. The third-order valence-electron chi connectivity index (χ3n) is 7.21. The Hall–Kier alpha value is -5.49. The van der Waals surface area contributed by atoms with Crippen LogP contribution in [-0.4, -0.2) is 79.8 Å². The van der Waals surface area contributed by atoms with Gasteiger partial charge in [0.25, 0.3) is 11.5 Å². The van der Waals surface area contributed by atoms with Crippen LogP contribution >= 0.6 is 0 Å². The van der Waals surface area contributed by atoms with E-state index in [1.165, 1.54) is 28.9 Å². The third-order valence-corrected chi connectivity index (χ3v) is 7.21. The predicted molar refractivity (Wildman–Crippen MR) is 161 cm³/mol. The van der Waals surface area contributed by atoms with Gasteiger partial charge in [-0.15, -0.1) is 5.10 Å². The summed E-state index contributed by atoms with van der Waals surface area (Å²) in [5.41, 5.74) is 4.40. The summed E-state index contributed by atoms with van der Waals surface area (Å²) in [7, 11) is 1.66. The first-order valence-corrected chi connectivity index (χ1v) is 13.9. The molecule has 1 saturated heterocycles. The number of rotatable bonds is 7. The molecule has 0 unspecified atom stereocenters. The summed E-state index contributed by atoms with van der Waals surface area (Å²) >= 11 is 0. The minimum Gasteiger partial charge on any atom is -0.508 e. The van der Waals surface area contributed by atoms with E-state index in [0.717, 1.165) is 22.9 Å². The maximum absolute atomic E-state index is 13.8. The monoisotopic (exact) mass is 593 g/mol. The van der Waals surface area contributed by atoms with Crippen molar-refractivity contribution in [2.75, 3.05) is 33.4 Å². The van der Waals surface area contributed by atoms with E-state index >= 15 is 0 Å². The number of hydrogen-bond acceptors (Lipinski definition) is 8. The van der Waals surface area contributed by atoms with Crippen molar-refractivity contribution >= 4 is 11.6 Å². The predicted octanol–water partition coefficient (Wildman–Crippen LogP) is 3.32. The van der Waals surface area contributed by atoms with Crippen molar-refractivity contribution in [3.05, 3.63) is 124 Å². The molecule has 1 amide bonds. The maximum Gasteiger partial charge on any atom is 0.267 e. The van der Waals surface area contributed by atoms with Gasteiger partial charge in [-0.25, -0.2) is 13.8 Å². The number of benzene rings is 3. The second kappa shape index (κ2) is 12.4. The topological polar surface area (TPSA) is 128 Å². The Morgan fingerprint density at radius 1 is 1.00 bits per heavy atom. The molecule has 6 rings (SSSR count). The molecule has 0 spiro atoms. The summed E-state index contributed by atoms with van der Waals surface area (Å²) in [4.78, 5) is 31.6. The number of halogens is 1. The van der Waals surface area contributed by atoms with E-state index in [4.69, 9.17) is 4.74 Å². The summed E-state index contributed by atoms with van der Waals surface area (Å²) in [5, 5.41) is 22.8. The first kappa shape index (κ1) is 28.6. The molecular weight excluding hydrogens is 565 g/mol. The van der Waals surface area contributed by atoms with Crippen molar-refractivity contribution < 1.29 is 19.0 Å². The highest BCUT2D eigenvalue weighted by Crippen LogP contribution is 2.23. The van der Waals surface area contributed by atoms with Gasteiger partial charge >= 0.3 is 0 Å². The molecule has 0 atom stereocenters. The van der Waals surface area contributed by atoms with Gasteiger partial charge in [-0.2, -0.15) is 5.10 Å². The third kappa shape index (κ3) is 6.15. The van der Waals surface area contributed by atoms with E-state index in [0.29, 0.717) is 54.5 Å². The standard InChI is InChI=1S/C32H28FN7O4/c1-34-31(29-20-39(37-35-29)26-7-5-22(6-8-26)32(43)38-11-13-44-14-12-38)23-4-2-3-21(15-23)19-40-30(42)10-9-28(36-40)24-16-25(33)18-27(41)17-24/h2-10,15-18,20,41H,11-14,19H2,1H3. The van der Waals surface area contributed by atoms with Crippen molar-refractivity contribution in [1.29, 1.82) is 0 Å². The van der Waals surface area contributed by atoms with Crippen LogP contribution in [0.25, 0.3) is 16.9 Å². The molecule has 1 N–H and O–H groups in total. The molecule has 11 nitrogen and oxygen atoms in total. The number of aliphatic imine (C=N–C) groups is 1. The van der Waals surface area contributed by atoms with E-state index in [2.05, 4.69) is 20.4 Å². The summed E-state index contributed by atoms with van der Waals surface area (Å²) in [6, 6.07) is 21.2. The number of ether oxygens (including phenoxy) is 1. The van der Waals surface area contributed by atoms with Gasteiger partial charge in [0.1, 0.15) is 17.3 Å². The molecule has 44 heavy (non-hydrogen) atoms. The lowest BCUT2D eigenvalue weighted by atomic mass is 10.0. The fourth-order valence-electron chi connectivity index (χ4n) is 5.02. The zero-order valence-corrected chi connectivity index (χ0v) is 23.8. The number of phenols is 1. The number of amides is 1. The first-order valence-electron chi connectivity index (χ1n) is 13.9. The largest absolute Gasteiger partial charge is 0.508 e. The second-order valence-electron chi connectivity index (χ2n) is 10.2. The lowest BCUT2D eigenvalue weighted by Gasteiger charge is -2.26. The van der Waals surface area contributed by atoms with Crippen LogP contribution in [0.5, 0.6) is 5.75 Å². The van der Waals surface area contributed by atoms with Crippen molar-refractivity contribution in [1.82, 2.24) is 29.7 Å². The van der Waals surface area contributed by atoms with Crippen LogP contribution in [0.3, 0.4) is 0 Å². The fraction of sp³-hybridized carbons (Fsp3) is 0.188. The van der Waals surface area contributed by atoms with Gasteiger partial charge in [-0.3, -0.25) is 14.6 Å². The number of hydrogen-bond donors (Lipinski definition) is 1. The Morgan fingerprint density at radius 3 is 2.55 bits per heavy atom. The van der Waals surface area contributed by atoms with E-state index in [1.54, 1.807) is 35.0 Å². The Kier molecular flexibility index (Phi) is 8.06. The van der Waals surface area contributed by atoms with E-state index in [1.807, 2.05) is 36.4 Å². The summed E-state index contributed by atoms with van der Waals surface area (Å²) < 4.78 is 22.1. The van der Waals surface area contributed by atoms with Crippen LogP contribution in [0.1, 0.15) is 27.2 Å². The highest BCUT2D eigenvalue weighted by Gasteiger charge is 2.19. The molecular formula is C32H28FN7O4. The highest BCUT2D eigenvalue weighted by atomic mass is 19.1. The van der Waals surface area contributed by atoms with Gasteiger partial charge in [0.15, 0.2) is 0 Å². The number of carbonyl (C=O) groups is 1. The molecule has 3 heterocycles. The number of aromatic hydroxyl groups is 1. The van der Waals surface area contributed by atoms with E-state index < -0.39 is 5.82 Å². The Labute approximate surface area is 251 Å². The molecule has 3 aromatic carbocycles. The quantitative estimate of drug-likeness (QED) is 0.287. The highest BCUT2D eigenvalue weighted by molar-refractivity contribution is 6.11. The van der Waals surface area contributed by atoms with Crippen LogP contribution < -0.4 is 5.56 Å². The number of aromatic nitrogens is 5. The number of nitrogens with zero attached hydrogens (tertiary/aromatic N) is 7. The van der Waals surface area contributed by atoms with Crippen molar-refractivity contribution in [3.8, 4) is 22.7 Å². The Balaban J connectivity index is 1.20. The van der Waals surface area contributed by atoms with Gasteiger partial charge in [0, 0.05) is 49.0 Å². The van der Waals surface area contributed by atoms with Crippen LogP contribution in [0.4, 0.5) is 4.39 Å². The van der Waals surface area contributed by atoms with Gasteiger partial charge in [0.05, 0.1) is 43.0 Å². The molecule has 0 saturated carbocycles. The van der Waals surface area contributed by atoms with Crippen molar-refractivity contribution in [2.45, 2.75) is 6.54 Å². The van der Waals surface area contributed by atoms with Crippen molar-refractivity contribution in [2.24, 2.45) is 4.99 Å². The normalized spacial score (nSPS) is 13.7. The van der Waals surface area contributed by atoms with E-state index in [-0.39, 0.29) is 23.8 Å². The van der Waals surface area contributed by atoms with Gasteiger partial charge in [-0.1, -0.05) is 23.4 Å². The average molecular weight is 594 g/mol. The smallest absolute Gasteiger partial charge is 0.267 e. The Morgan fingerprint density at radius 2 is 1.80 bits per heavy atom. The maximum atomic E-state index is 13.8. The molecule has 0 aliphatic carbocycles. The average Bonchev–Trinajstić information content (AvgIpc) is 3.52. The summed E-state index contributed by atoms with van der Waals surface area (Å²) in [5.74, 6) is -0.866. The second-order valence-corrected chi connectivity index (χ2v) is 10.2. The van der Waals surface area contributed by atoms with Crippen LogP contribution in [0.15, 0.2) is 94.8 Å². The zero-order valence-electron chi connectivity index (χ0n) is 23.8. The van der Waals surface area contributed by atoms with Crippen LogP contribution in [-0.2, 0) is 11.3 Å². The van der Waals surface area contributed by atoms with Crippen molar-refractivity contribution in [3.63, 3.8) is 0 Å². The molecule has 2 aromatic heterocycles. The van der Waals surface area contributed by atoms with Gasteiger partial charge < -0.3 is 14.7 Å². The lowest BCUT2D eigenvalue weighted by Crippen LogP contribution is -2.40. The number of morpholine rings is 1. The zero-order chi connectivity index (χ0) is 30.6. The number of carbonyl (C=O) groups excluding carboxylic acids is 1.